The van der Waals surface area contributed by atoms with Crippen molar-refractivity contribution >= 4 is 17.2 Å². The third-order valence-electron chi connectivity index (χ3n) is 2.03. The molecular formula is C10H10ClN3O5. The standard InChI is InChI=1S/C10H9N3O.ClHO4/c1-13-7-8(6-11-14)12-9-4-2-3-5-10(9)13;2-1(3,4)5/h2-7H,1H3;(H,2,3,4,5). The highest BCUT2D eigenvalue weighted by Gasteiger charge is 2.06. The smallest absolute Gasteiger partial charge is 0.230 e. The normalized spacial score (nSPS) is 11.4. The van der Waals surface area contributed by atoms with Gasteiger partial charge in [-0.25, -0.2) is 23.6 Å². The van der Waals surface area contributed by atoms with E-state index in [2.05, 4.69) is 10.1 Å². The first-order chi connectivity index (χ1) is 8.81. The summed E-state index contributed by atoms with van der Waals surface area (Å²) in [6, 6.07) is 7.80. The molecule has 0 saturated carbocycles. The van der Waals surface area contributed by atoms with Gasteiger partial charge in [0.15, 0.2) is 6.20 Å². The van der Waals surface area contributed by atoms with Crippen molar-refractivity contribution in [2.75, 3.05) is 0 Å². The summed E-state index contributed by atoms with van der Waals surface area (Å²) in [6.07, 6.45) is 3.12. The van der Waals surface area contributed by atoms with E-state index in [4.69, 9.17) is 23.8 Å². The van der Waals surface area contributed by atoms with Crippen molar-refractivity contribution in [1.29, 1.82) is 0 Å². The summed E-state index contributed by atoms with van der Waals surface area (Å²) in [7, 11) is -3.02. The molecule has 8 nitrogen and oxygen atoms in total. The van der Waals surface area contributed by atoms with Crippen LogP contribution in [0.4, 0.5) is 0 Å². The van der Waals surface area contributed by atoms with E-state index >= 15 is 0 Å². The van der Waals surface area contributed by atoms with Crippen molar-refractivity contribution in [2.24, 2.45) is 12.2 Å². The number of hydrogen-bond donors (Lipinski definition) is 1. The Morgan fingerprint density at radius 1 is 1.26 bits per heavy atom. The number of rotatable bonds is 1. The quantitative estimate of drug-likeness (QED) is 0.246. The summed E-state index contributed by atoms with van der Waals surface area (Å²) in [5.41, 5.74) is 2.56. The second-order valence-electron chi connectivity index (χ2n) is 3.39. The number of oxime groups is 1. The van der Waals surface area contributed by atoms with Crippen molar-refractivity contribution in [1.82, 2.24) is 4.98 Å². The highest BCUT2D eigenvalue weighted by Crippen LogP contribution is 2.05. The average molecular weight is 288 g/mol. The first-order valence-electron chi connectivity index (χ1n) is 4.86. The van der Waals surface area contributed by atoms with E-state index in [0.29, 0.717) is 5.69 Å². The lowest BCUT2D eigenvalue weighted by Gasteiger charge is -2.17. The van der Waals surface area contributed by atoms with Gasteiger partial charge < -0.3 is 5.21 Å². The molecule has 0 bridgehead atoms. The van der Waals surface area contributed by atoms with Crippen LogP contribution in [-0.4, -0.2) is 16.4 Å². The predicted octanol–water partition coefficient (Wildman–Crippen LogP) is -3.89. The number of para-hydroxylation sites is 2. The average Bonchev–Trinajstić information content (AvgIpc) is 2.27. The first kappa shape index (κ1) is 15.2. The van der Waals surface area contributed by atoms with Gasteiger partial charge in [-0.2, -0.15) is 4.57 Å². The molecule has 0 aliphatic heterocycles. The lowest BCUT2D eigenvalue weighted by Crippen LogP contribution is -2.68. The Labute approximate surface area is 110 Å². The van der Waals surface area contributed by atoms with Gasteiger partial charge in [0.05, 0.1) is 6.21 Å². The molecule has 19 heavy (non-hydrogen) atoms. The molecule has 0 aliphatic rings. The van der Waals surface area contributed by atoms with Gasteiger partial charge in [-0.1, -0.05) is 17.3 Å². The molecule has 0 aliphatic carbocycles. The fraction of sp³-hybridized carbons (Fsp3) is 0.100. The lowest BCUT2D eigenvalue weighted by atomic mass is 10.3. The Bertz CT molecular complexity index is 579. The molecule has 0 radical (unpaired) electrons. The molecule has 102 valence electrons. The maximum absolute atomic E-state index is 8.49. The van der Waals surface area contributed by atoms with E-state index in [9.17, 15) is 0 Å². The second kappa shape index (κ2) is 6.36. The SMILES string of the molecule is C[n+]1cc(C=NO)nc2ccccc21.[O-][Cl+3]([O-])([O-])[O-]. The molecule has 0 spiro atoms. The van der Waals surface area contributed by atoms with Crippen molar-refractivity contribution in [2.45, 2.75) is 0 Å². The Morgan fingerprint density at radius 2 is 1.84 bits per heavy atom. The molecular weight excluding hydrogens is 278 g/mol. The zero-order chi connectivity index (χ0) is 14.5. The summed E-state index contributed by atoms with van der Waals surface area (Å²) < 4.78 is 35.9. The van der Waals surface area contributed by atoms with Crippen LogP contribution in [0.3, 0.4) is 0 Å². The third-order valence-corrected chi connectivity index (χ3v) is 2.03. The summed E-state index contributed by atoms with van der Waals surface area (Å²) in [6.45, 7) is 0. The van der Waals surface area contributed by atoms with E-state index in [1.54, 1.807) is 0 Å². The zero-order valence-electron chi connectivity index (χ0n) is 9.76. The molecule has 0 unspecified atom stereocenters. The number of halogens is 1. The lowest BCUT2D eigenvalue weighted by molar-refractivity contribution is -2.00. The second-order valence-corrected chi connectivity index (χ2v) is 4.14. The monoisotopic (exact) mass is 287 g/mol. The van der Waals surface area contributed by atoms with E-state index in [1.807, 2.05) is 42.1 Å². The molecule has 0 atom stereocenters. The summed E-state index contributed by atoms with van der Waals surface area (Å²) in [4.78, 5) is 4.30. The fourth-order valence-electron chi connectivity index (χ4n) is 1.41. The van der Waals surface area contributed by atoms with Gasteiger partial charge >= 0.3 is 0 Å². The largest absolute Gasteiger partial charge is 0.411 e. The molecule has 1 aromatic heterocycles. The summed E-state index contributed by atoms with van der Waals surface area (Å²) in [5.74, 6) is 0. The molecule has 1 heterocycles. The van der Waals surface area contributed by atoms with Crippen LogP contribution in [0.2, 0.25) is 0 Å². The third kappa shape index (κ3) is 5.55. The Kier molecular flexibility index (Phi) is 5.10. The van der Waals surface area contributed by atoms with Gasteiger partial charge in [-0.05, 0) is 6.07 Å². The van der Waals surface area contributed by atoms with Crippen LogP contribution in [0.5, 0.6) is 0 Å². The van der Waals surface area contributed by atoms with Gasteiger partial charge in [0.1, 0.15) is 18.3 Å². The van der Waals surface area contributed by atoms with Crippen molar-refractivity contribution in [3.8, 4) is 0 Å². The predicted molar refractivity (Wildman–Crippen MR) is 52.3 cm³/mol. The van der Waals surface area contributed by atoms with Crippen LogP contribution in [0, 0.1) is 10.2 Å². The molecule has 1 N–H and O–H groups in total. The molecule has 1 aromatic carbocycles. The minimum Gasteiger partial charge on any atom is -0.411 e. The number of hydrogen-bond acceptors (Lipinski definition) is 7. The number of aryl methyl sites for hydroxylation is 1. The number of benzene rings is 1. The number of nitrogens with zero attached hydrogens (tertiary/aromatic N) is 3. The fourth-order valence-corrected chi connectivity index (χ4v) is 1.41. The van der Waals surface area contributed by atoms with Gasteiger partial charge in [0, 0.05) is 6.07 Å². The Balaban J connectivity index is 0.000000312. The van der Waals surface area contributed by atoms with Gasteiger partial charge in [0.2, 0.25) is 5.52 Å². The Morgan fingerprint density at radius 3 is 2.42 bits per heavy atom. The number of fused-ring (bicyclic) bond motifs is 1. The molecule has 0 amide bonds. The van der Waals surface area contributed by atoms with Crippen LogP contribution in [-0.2, 0) is 7.05 Å². The summed E-state index contributed by atoms with van der Waals surface area (Å²) >= 11 is 0. The highest BCUT2D eigenvalue weighted by atomic mass is 35.7. The van der Waals surface area contributed by atoms with Crippen LogP contribution >= 0.6 is 0 Å². The topological polar surface area (TPSA) is 142 Å². The van der Waals surface area contributed by atoms with Crippen molar-refractivity contribution in [3.05, 3.63) is 36.2 Å². The van der Waals surface area contributed by atoms with Crippen LogP contribution < -0.4 is 23.2 Å². The minimum atomic E-state index is -4.94. The molecule has 0 saturated heterocycles. The van der Waals surface area contributed by atoms with E-state index in [0.717, 1.165) is 11.0 Å². The molecule has 2 aromatic rings. The van der Waals surface area contributed by atoms with E-state index in [-0.39, 0.29) is 0 Å². The maximum atomic E-state index is 8.49. The zero-order valence-corrected chi connectivity index (χ0v) is 10.5. The maximum Gasteiger partial charge on any atom is 0.230 e. The van der Waals surface area contributed by atoms with Gasteiger partial charge in [0.25, 0.3) is 0 Å². The molecule has 2 rings (SSSR count). The summed E-state index contributed by atoms with van der Waals surface area (Å²) in [5, 5.41) is 11.4. The first-order valence-corrected chi connectivity index (χ1v) is 6.09. The van der Waals surface area contributed by atoms with Crippen LogP contribution in [0.25, 0.3) is 11.0 Å². The van der Waals surface area contributed by atoms with Crippen molar-refractivity contribution < 1.29 is 38.7 Å². The van der Waals surface area contributed by atoms with Crippen LogP contribution in [0.1, 0.15) is 5.69 Å². The van der Waals surface area contributed by atoms with Crippen molar-refractivity contribution in [3.63, 3.8) is 0 Å². The Hall–Kier alpha value is -1.84. The molecule has 0 fully saturated rings. The minimum absolute atomic E-state index is 0.633. The highest BCUT2D eigenvalue weighted by molar-refractivity contribution is 5.79. The van der Waals surface area contributed by atoms with E-state index in [1.165, 1.54) is 6.21 Å². The van der Waals surface area contributed by atoms with E-state index < -0.39 is 10.2 Å². The molecule has 9 heteroatoms. The van der Waals surface area contributed by atoms with Crippen LogP contribution in [0.15, 0.2) is 35.6 Å². The van der Waals surface area contributed by atoms with Gasteiger partial charge in [-0.15, -0.1) is 10.2 Å². The number of aromatic nitrogens is 2. The van der Waals surface area contributed by atoms with Gasteiger partial charge in [-0.3, -0.25) is 0 Å².